The maximum absolute atomic E-state index is 12.3. The van der Waals surface area contributed by atoms with E-state index in [4.69, 9.17) is 10.5 Å². The number of halogens is 2. The third-order valence-corrected chi connectivity index (χ3v) is 7.42. The van der Waals surface area contributed by atoms with Gasteiger partial charge in [-0.3, -0.25) is 4.79 Å². The number of piperazine rings is 1. The van der Waals surface area contributed by atoms with Crippen molar-refractivity contribution in [2.45, 2.75) is 25.2 Å². The average molecular weight is 596 g/mol. The number of hydrogen-bond donors (Lipinski definition) is 1. The molecule has 0 spiro atoms. The number of nitrogens with zero attached hydrogens (tertiary/aromatic N) is 3. The van der Waals surface area contributed by atoms with Crippen LogP contribution in [-0.4, -0.2) is 70.3 Å². The van der Waals surface area contributed by atoms with E-state index in [0.29, 0.717) is 11.5 Å². The fourth-order valence-electron chi connectivity index (χ4n) is 5.51. The number of rotatable bonds is 4. The zero-order valence-electron chi connectivity index (χ0n) is 19.9. The minimum absolute atomic E-state index is 0. The number of aryl methyl sites for hydroxylation is 1. The second-order valence-corrected chi connectivity index (χ2v) is 9.38. The van der Waals surface area contributed by atoms with E-state index in [1.165, 1.54) is 22.5 Å². The van der Waals surface area contributed by atoms with Crippen molar-refractivity contribution in [2.24, 2.45) is 5.73 Å². The molecular weight excluding hydrogens is 560 g/mol. The quantitative estimate of drug-likeness (QED) is 0.583. The highest BCUT2D eigenvalue weighted by molar-refractivity contribution is 8.93. The molecule has 2 heterocycles. The highest BCUT2D eigenvalue weighted by Crippen LogP contribution is 2.40. The molecule has 0 bridgehead atoms. The fraction of sp³-hybridized carbons (Fsp3) is 0.500. The van der Waals surface area contributed by atoms with Gasteiger partial charge in [0.25, 0.3) is 0 Å². The Morgan fingerprint density at radius 2 is 1.71 bits per heavy atom. The molecule has 6 nitrogen and oxygen atoms in total. The maximum Gasteiger partial charge on any atom is 0.248 e. The summed E-state index contributed by atoms with van der Waals surface area (Å²) in [5.41, 5.74) is 13.1. The first-order valence-corrected chi connectivity index (χ1v) is 11.9. The van der Waals surface area contributed by atoms with Crippen LogP contribution in [0.4, 0.5) is 11.4 Å². The molecule has 2 saturated heterocycles. The SMILES string of the molecule is Br.Br.CN1CCN(c2cccc3c2CC(c2cc(N4CCOCC4)ccc2C(N)=O)CC3)CC1. The van der Waals surface area contributed by atoms with Crippen molar-refractivity contribution in [2.75, 3.05) is 69.3 Å². The van der Waals surface area contributed by atoms with E-state index in [1.54, 1.807) is 0 Å². The van der Waals surface area contributed by atoms with Crippen molar-refractivity contribution < 1.29 is 9.53 Å². The molecule has 1 atom stereocenters. The molecule has 1 unspecified atom stereocenters. The van der Waals surface area contributed by atoms with Crippen LogP contribution in [0.15, 0.2) is 36.4 Å². The van der Waals surface area contributed by atoms with Crippen molar-refractivity contribution in [3.8, 4) is 0 Å². The van der Waals surface area contributed by atoms with E-state index in [0.717, 1.165) is 77.3 Å². The summed E-state index contributed by atoms with van der Waals surface area (Å²) in [4.78, 5) is 19.6. The third kappa shape index (κ3) is 5.61. The van der Waals surface area contributed by atoms with Crippen LogP contribution < -0.4 is 15.5 Å². The Kier molecular flexibility index (Phi) is 9.43. The predicted molar refractivity (Wildman–Crippen MR) is 150 cm³/mol. The Balaban J connectivity index is 0.00000162. The molecule has 2 aromatic carbocycles. The summed E-state index contributed by atoms with van der Waals surface area (Å²) >= 11 is 0. The van der Waals surface area contributed by atoms with Gasteiger partial charge in [0.15, 0.2) is 0 Å². The minimum atomic E-state index is -0.327. The molecule has 2 aromatic rings. The average Bonchev–Trinajstić information content (AvgIpc) is 2.84. The predicted octanol–water partition coefficient (Wildman–Crippen LogP) is 3.80. The zero-order valence-corrected chi connectivity index (χ0v) is 23.3. The smallest absolute Gasteiger partial charge is 0.248 e. The fourth-order valence-corrected chi connectivity index (χ4v) is 5.51. The Hall–Kier alpha value is -1.61. The topological polar surface area (TPSA) is 62.0 Å². The van der Waals surface area contributed by atoms with Gasteiger partial charge in [-0.1, -0.05) is 12.1 Å². The molecule has 0 aromatic heterocycles. The normalized spacial score (nSPS) is 20.7. The molecule has 3 aliphatic rings. The number of nitrogens with two attached hydrogens (primary N) is 1. The molecule has 34 heavy (non-hydrogen) atoms. The van der Waals surface area contributed by atoms with Crippen molar-refractivity contribution in [1.29, 1.82) is 0 Å². The van der Waals surface area contributed by atoms with Gasteiger partial charge in [0, 0.05) is 56.2 Å². The molecule has 0 radical (unpaired) electrons. The number of hydrogen-bond acceptors (Lipinski definition) is 5. The van der Waals surface area contributed by atoms with E-state index in [-0.39, 0.29) is 39.9 Å². The summed E-state index contributed by atoms with van der Waals surface area (Å²) in [6.07, 6.45) is 3.05. The molecule has 2 N–H and O–H groups in total. The van der Waals surface area contributed by atoms with Gasteiger partial charge in [-0.25, -0.2) is 0 Å². The molecule has 5 rings (SSSR count). The number of primary amides is 1. The van der Waals surface area contributed by atoms with Gasteiger partial charge in [-0.2, -0.15) is 0 Å². The number of carbonyl (C=O) groups is 1. The van der Waals surface area contributed by atoms with Gasteiger partial charge < -0.3 is 25.2 Å². The van der Waals surface area contributed by atoms with Crippen LogP contribution >= 0.6 is 34.0 Å². The van der Waals surface area contributed by atoms with Crippen molar-refractivity contribution in [3.63, 3.8) is 0 Å². The monoisotopic (exact) mass is 594 g/mol. The molecule has 1 amide bonds. The van der Waals surface area contributed by atoms with Gasteiger partial charge in [-0.05, 0) is 73.2 Å². The lowest BCUT2D eigenvalue weighted by Gasteiger charge is -2.37. The van der Waals surface area contributed by atoms with Gasteiger partial charge in [0.2, 0.25) is 5.91 Å². The zero-order chi connectivity index (χ0) is 22.1. The van der Waals surface area contributed by atoms with Crippen LogP contribution in [0, 0.1) is 0 Å². The van der Waals surface area contributed by atoms with Crippen LogP contribution in [0.5, 0.6) is 0 Å². The van der Waals surface area contributed by atoms with Gasteiger partial charge in [0.1, 0.15) is 0 Å². The molecule has 186 valence electrons. The minimum Gasteiger partial charge on any atom is -0.378 e. The lowest BCUT2D eigenvalue weighted by molar-refractivity contribution is 0.0998. The first-order valence-electron chi connectivity index (χ1n) is 11.9. The summed E-state index contributed by atoms with van der Waals surface area (Å²) < 4.78 is 5.52. The summed E-state index contributed by atoms with van der Waals surface area (Å²) in [5.74, 6) is -0.0220. The van der Waals surface area contributed by atoms with Gasteiger partial charge in [0.05, 0.1) is 13.2 Å². The van der Waals surface area contributed by atoms with Crippen LogP contribution in [0.2, 0.25) is 0 Å². The molecular formula is C26H36Br2N4O2. The van der Waals surface area contributed by atoms with Gasteiger partial charge in [-0.15, -0.1) is 34.0 Å². The largest absolute Gasteiger partial charge is 0.378 e. The lowest BCUT2D eigenvalue weighted by Crippen LogP contribution is -2.45. The standard InChI is InChI=1S/C26H34N4O2.2BrH/c1-28-9-11-30(12-10-28)25-4-2-3-19-5-6-20(17-24(19)25)23-18-21(7-8-22(23)26(27)31)29-13-15-32-16-14-29;;/h2-4,7-8,18,20H,5-6,9-17H2,1H3,(H2,27,31);2*1H. The van der Waals surface area contributed by atoms with E-state index in [9.17, 15) is 4.79 Å². The molecule has 0 saturated carbocycles. The molecule has 2 aliphatic heterocycles. The van der Waals surface area contributed by atoms with Crippen molar-refractivity contribution in [3.05, 3.63) is 58.7 Å². The van der Waals surface area contributed by atoms with E-state index in [1.807, 2.05) is 12.1 Å². The number of ether oxygens (including phenoxy) is 1. The van der Waals surface area contributed by atoms with Crippen LogP contribution in [-0.2, 0) is 17.6 Å². The highest BCUT2D eigenvalue weighted by Gasteiger charge is 2.28. The number of anilines is 2. The Morgan fingerprint density at radius 1 is 0.971 bits per heavy atom. The molecule has 8 heteroatoms. The summed E-state index contributed by atoms with van der Waals surface area (Å²) in [6.45, 7) is 7.59. The van der Waals surface area contributed by atoms with Crippen LogP contribution in [0.3, 0.4) is 0 Å². The van der Waals surface area contributed by atoms with Crippen molar-refractivity contribution >= 4 is 51.2 Å². The van der Waals surface area contributed by atoms with Crippen LogP contribution in [0.25, 0.3) is 0 Å². The van der Waals surface area contributed by atoms with E-state index < -0.39 is 0 Å². The highest BCUT2D eigenvalue weighted by atomic mass is 79.9. The molecule has 1 aliphatic carbocycles. The van der Waals surface area contributed by atoms with E-state index >= 15 is 0 Å². The number of morpholine rings is 1. The Labute approximate surface area is 224 Å². The second kappa shape index (κ2) is 11.9. The first kappa shape index (κ1) is 27.0. The maximum atomic E-state index is 12.3. The Bertz CT molecular complexity index is 989. The van der Waals surface area contributed by atoms with Crippen LogP contribution in [0.1, 0.15) is 39.4 Å². The first-order chi connectivity index (χ1) is 15.6. The molecule has 2 fully saturated rings. The third-order valence-electron chi connectivity index (χ3n) is 7.42. The number of likely N-dealkylation sites (N-methyl/N-ethyl adjacent to an activating group) is 1. The second-order valence-electron chi connectivity index (χ2n) is 9.38. The number of amides is 1. The van der Waals surface area contributed by atoms with Gasteiger partial charge >= 0.3 is 0 Å². The Morgan fingerprint density at radius 3 is 2.41 bits per heavy atom. The summed E-state index contributed by atoms with van der Waals surface area (Å²) in [6, 6.07) is 13.0. The van der Waals surface area contributed by atoms with Crippen molar-refractivity contribution in [1.82, 2.24) is 4.90 Å². The lowest BCUT2D eigenvalue weighted by atomic mass is 9.77. The number of carbonyl (C=O) groups excluding carboxylic acids is 1. The summed E-state index contributed by atoms with van der Waals surface area (Å²) in [7, 11) is 2.20. The number of fused-ring (bicyclic) bond motifs is 1. The van der Waals surface area contributed by atoms with E-state index in [2.05, 4.69) is 46.0 Å². The number of benzene rings is 2. The summed E-state index contributed by atoms with van der Waals surface area (Å²) in [5, 5.41) is 0.